The molecule has 2 fully saturated rings. The Morgan fingerprint density at radius 3 is 1.89 bits per heavy atom. The minimum atomic E-state index is -1.01. The van der Waals surface area contributed by atoms with Crippen LogP contribution in [0.3, 0.4) is 0 Å². The minimum Gasteiger partial charge on any atom is -0.480 e. The van der Waals surface area contributed by atoms with Gasteiger partial charge in [0.05, 0.1) is 55.7 Å². The van der Waals surface area contributed by atoms with E-state index in [0.29, 0.717) is 83.0 Å². The molecule has 19 nitrogen and oxygen atoms in total. The van der Waals surface area contributed by atoms with E-state index in [1.807, 2.05) is 35.7 Å². The third kappa shape index (κ3) is 12.0. The highest BCUT2D eigenvalue weighted by molar-refractivity contribution is 8.00. The lowest BCUT2D eigenvalue weighted by atomic mass is 10.1. The van der Waals surface area contributed by atoms with Crippen molar-refractivity contribution in [3.63, 3.8) is 0 Å². The van der Waals surface area contributed by atoms with E-state index < -0.39 is 35.0 Å². The number of aryl methyl sites for hydroxylation is 2. The van der Waals surface area contributed by atoms with Crippen molar-refractivity contribution < 1.29 is 39.9 Å². The van der Waals surface area contributed by atoms with Gasteiger partial charge in [0, 0.05) is 89.2 Å². The zero-order chi connectivity index (χ0) is 40.4. The number of aliphatic hydroxyl groups is 2. The first-order chi connectivity index (χ1) is 26.8. The van der Waals surface area contributed by atoms with Crippen LogP contribution < -0.4 is 11.2 Å². The van der Waals surface area contributed by atoms with Crippen LogP contribution in [-0.2, 0) is 27.5 Å². The summed E-state index contributed by atoms with van der Waals surface area (Å²) in [6.07, 6.45) is 3.28. The molecule has 2 unspecified atom stereocenters. The van der Waals surface area contributed by atoms with Gasteiger partial charge in [0.1, 0.15) is 5.69 Å². The summed E-state index contributed by atoms with van der Waals surface area (Å²) >= 11 is 1.32. The quantitative estimate of drug-likeness (QED) is 0.124. The Bertz CT molecular complexity index is 1890. The number of carbonyl (C=O) groups is 3. The molecular formula is C36H50N9O10S. The van der Waals surface area contributed by atoms with Crippen LogP contribution in [0.25, 0.3) is 11.3 Å². The van der Waals surface area contributed by atoms with Gasteiger partial charge in [-0.3, -0.25) is 52.6 Å². The molecule has 2 saturated heterocycles. The number of carboxylic acids is 3. The summed E-state index contributed by atoms with van der Waals surface area (Å²) in [5.41, 5.74) is 1.86. The number of aliphatic hydroxyl groups excluding tert-OH is 2. The Kier molecular flexibility index (Phi) is 15.3. The predicted molar refractivity (Wildman–Crippen MR) is 205 cm³/mol. The number of carboxylic acid groups (broad SMARTS) is 3. The van der Waals surface area contributed by atoms with Crippen LogP contribution in [-0.4, -0.2) is 177 Å². The van der Waals surface area contributed by atoms with Gasteiger partial charge in [-0.25, -0.2) is 4.79 Å². The number of hydrogen-bond donors (Lipinski definition) is 5. The van der Waals surface area contributed by atoms with E-state index in [2.05, 4.69) is 10.3 Å². The van der Waals surface area contributed by atoms with Crippen molar-refractivity contribution in [1.29, 1.82) is 0 Å². The molecule has 0 spiro atoms. The summed E-state index contributed by atoms with van der Waals surface area (Å²) in [5.74, 6) is -2.98. The second kappa shape index (κ2) is 20.1. The van der Waals surface area contributed by atoms with E-state index in [-0.39, 0.29) is 43.7 Å². The Labute approximate surface area is 327 Å². The number of hydrogen-bond acceptors (Lipinski definition) is 14. The molecule has 20 heteroatoms. The Hall–Kier alpha value is -4.44. The van der Waals surface area contributed by atoms with Gasteiger partial charge in [0.15, 0.2) is 0 Å². The SMILES string of the molecule is Cc1cn(C2CC(O)[C@@H](CO)S2)c(=O)n(CCCn2cc(-c3ccc([CH]N4CCN(CC(=O)O)CCN(CC(=O)O)CCN(CC(=O)O)CC4)cc3)nn2)c1=O. The molecule has 1 aromatic carbocycles. The zero-order valence-electron chi connectivity index (χ0n) is 31.3. The molecule has 3 atom stereocenters. The van der Waals surface area contributed by atoms with Crippen molar-refractivity contribution in [2.24, 2.45) is 0 Å². The maximum Gasteiger partial charge on any atom is 0.331 e. The van der Waals surface area contributed by atoms with Crippen molar-refractivity contribution in [3.05, 3.63) is 75.2 Å². The first kappa shape index (κ1) is 42.7. The number of benzene rings is 1. The van der Waals surface area contributed by atoms with E-state index in [9.17, 15) is 49.5 Å². The Morgan fingerprint density at radius 2 is 1.38 bits per heavy atom. The number of aromatic nitrogens is 5. The molecule has 1 radical (unpaired) electrons. The highest BCUT2D eigenvalue weighted by Gasteiger charge is 2.35. The van der Waals surface area contributed by atoms with Gasteiger partial charge in [-0.15, -0.1) is 16.9 Å². The van der Waals surface area contributed by atoms with Gasteiger partial charge < -0.3 is 25.5 Å². The van der Waals surface area contributed by atoms with Gasteiger partial charge in [0.2, 0.25) is 0 Å². The fraction of sp³-hybridized carbons (Fsp3) is 0.556. The highest BCUT2D eigenvalue weighted by atomic mass is 32.2. The van der Waals surface area contributed by atoms with E-state index in [1.165, 1.54) is 27.1 Å². The maximum atomic E-state index is 13.3. The topological polar surface area (TPSA) is 240 Å². The summed E-state index contributed by atoms with van der Waals surface area (Å²) in [4.78, 5) is 68.2. The largest absolute Gasteiger partial charge is 0.480 e. The summed E-state index contributed by atoms with van der Waals surface area (Å²) < 4.78 is 4.31. The number of aliphatic carboxylic acids is 3. The minimum absolute atomic E-state index is 0.157. The molecule has 0 saturated carbocycles. The fourth-order valence-electron chi connectivity index (χ4n) is 6.82. The molecule has 2 aliphatic rings. The first-order valence-electron chi connectivity index (χ1n) is 18.5. The molecule has 0 aliphatic carbocycles. The molecule has 2 aliphatic heterocycles. The average molecular weight is 801 g/mol. The van der Waals surface area contributed by atoms with E-state index in [0.717, 1.165) is 11.1 Å². The molecule has 3 aromatic rings. The predicted octanol–water partition coefficient (Wildman–Crippen LogP) is -0.990. The maximum absolute atomic E-state index is 13.3. The molecular weight excluding hydrogens is 751 g/mol. The van der Waals surface area contributed by atoms with Gasteiger partial charge >= 0.3 is 23.6 Å². The van der Waals surface area contributed by atoms with Crippen LogP contribution in [0.1, 0.15) is 29.3 Å². The van der Waals surface area contributed by atoms with Crippen molar-refractivity contribution >= 4 is 29.7 Å². The second-order valence-electron chi connectivity index (χ2n) is 14.1. The average Bonchev–Trinajstić information content (AvgIpc) is 3.78. The molecule has 2 aromatic heterocycles. The third-order valence-electron chi connectivity index (χ3n) is 9.86. The van der Waals surface area contributed by atoms with Crippen molar-refractivity contribution in [2.75, 3.05) is 78.6 Å². The number of nitrogens with zero attached hydrogens (tertiary/aromatic N) is 9. The Balaban J connectivity index is 1.21. The summed E-state index contributed by atoms with van der Waals surface area (Å²) in [5, 5.41) is 55.9. The highest BCUT2D eigenvalue weighted by Crippen LogP contribution is 2.40. The molecule has 0 amide bonds. The fourth-order valence-corrected chi connectivity index (χ4v) is 8.20. The van der Waals surface area contributed by atoms with Crippen molar-refractivity contribution in [1.82, 2.24) is 43.7 Å². The lowest BCUT2D eigenvalue weighted by Gasteiger charge is -2.33. The summed E-state index contributed by atoms with van der Waals surface area (Å²) in [6, 6.07) is 7.63. The van der Waals surface area contributed by atoms with E-state index in [1.54, 1.807) is 32.5 Å². The third-order valence-corrected chi connectivity index (χ3v) is 11.4. The standard InChI is InChI=1S/C36H50N9O10S/c1-25-18-45(31-17-29(47)30(24-46)56-31)36(55)44(35(25)54)8-2-7-43-20-28(37-38-43)27-5-3-26(4-6-27)19-39-9-11-40(21-32(48)49)13-15-42(23-34(52)53)16-14-41(12-10-39)22-33(50)51/h3-6,18-20,29-31,46-47H,2,7-17,21-24H2,1H3,(H,48,49)(H,50,51)(H,52,53)/t29?,30-,31?/m1/s1. The lowest BCUT2D eigenvalue weighted by molar-refractivity contribution is -0.140. The van der Waals surface area contributed by atoms with Gasteiger partial charge in [-0.2, -0.15) is 0 Å². The Morgan fingerprint density at radius 1 is 0.821 bits per heavy atom. The van der Waals surface area contributed by atoms with Crippen LogP contribution in [0, 0.1) is 13.5 Å². The lowest BCUT2D eigenvalue weighted by Crippen LogP contribution is -2.48. The molecule has 0 bridgehead atoms. The molecule has 305 valence electrons. The van der Waals surface area contributed by atoms with Crippen LogP contribution in [0.4, 0.5) is 0 Å². The monoisotopic (exact) mass is 800 g/mol. The van der Waals surface area contributed by atoms with Gasteiger partial charge in [-0.1, -0.05) is 29.5 Å². The van der Waals surface area contributed by atoms with Crippen LogP contribution in [0.5, 0.6) is 0 Å². The van der Waals surface area contributed by atoms with Crippen molar-refractivity contribution in [3.8, 4) is 11.3 Å². The van der Waals surface area contributed by atoms with Gasteiger partial charge in [0.25, 0.3) is 5.56 Å². The van der Waals surface area contributed by atoms with E-state index >= 15 is 0 Å². The molecule has 4 heterocycles. The van der Waals surface area contributed by atoms with Crippen LogP contribution in [0.15, 0.2) is 46.2 Å². The summed E-state index contributed by atoms with van der Waals surface area (Å²) in [6.45, 7) is 6.34. The molecule has 56 heavy (non-hydrogen) atoms. The second-order valence-corrected chi connectivity index (χ2v) is 15.5. The first-order valence-corrected chi connectivity index (χ1v) is 19.4. The van der Waals surface area contributed by atoms with E-state index in [4.69, 9.17) is 0 Å². The summed E-state index contributed by atoms with van der Waals surface area (Å²) in [7, 11) is 0. The van der Waals surface area contributed by atoms with Crippen LogP contribution >= 0.6 is 11.8 Å². The number of rotatable bonds is 15. The smallest absolute Gasteiger partial charge is 0.331 e. The normalized spacial score (nSPS) is 21.1. The number of thioether (sulfide) groups is 1. The molecule has 5 rings (SSSR count). The van der Waals surface area contributed by atoms with Crippen molar-refractivity contribution in [2.45, 2.75) is 49.6 Å². The molecule has 5 N–H and O–H groups in total. The van der Waals surface area contributed by atoms with Crippen LogP contribution in [0.2, 0.25) is 0 Å². The zero-order valence-corrected chi connectivity index (χ0v) is 32.1. The van der Waals surface area contributed by atoms with Gasteiger partial charge in [-0.05, 0) is 18.9 Å².